The first-order valence-corrected chi connectivity index (χ1v) is 30.9. The lowest BCUT2D eigenvalue weighted by Crippen LogP contribution is -2.55. The predicted molar refractivity (Wildman–Crippen MR) is 311 cm³/mol. The van der Waals surface area contributed by atoms with Gasteiger partial charge < -0.3 is 54.2 Å². The molecule has 0 aromatic carbocycles. The number of oxime groups is 1. The molecule has 23 heteroatoms. The number of amides is 4. The topological polar surface area (TPSA) is 304 Å². The van der Waals surface area contributed by atoms with Crippen LogP contribution in [0.3, 0.4) is 0 Å². The van der Waals surface area contributed by atoms with E-state index >= 15 is 0 Å². The van der Waals surface area contributed by atoms with Gasteiger partial charge in [0.05, 0.1) is 70.1 Å². The van der Waals surface area contributed by atoms with Gasteiger partial charge in [0.15, 0.2) is 0 Å². The van der Waals surface area contributed by atoms with E-state index in [1.54, 1.807) is 32.6 Å². The van der Waals surface area contributed by atoms with E-state index in [0.717, 1.165) is 32.1 Å². The van der Waals surface area contributed by atoms with Gasteiger partial charge in [0.25, 0.3) is 0 Å². The summed E-state index contributed by atoms with van der Waals surface area (Å²) in [4.78, 5) is 105. The van der Waals surface area contributed by atoms with Gasteiger partial charge in [-0.15, -0.1) is 0 Å². The number of urea groups is 1. The summed E-state index contributed by atoms with van der Waals surface area (Å²) >= 11 is 0. The maximum atomic E-state index is 14.7. The standard InChI is InChI=1S/C59H107N5O17S/c1-19-23-24-42(21-3)36-80-47(67)44(33-59(17,50(70)79-30-29-76-18)38-58(16,49(69)78-28-26-65)32-43(22-4)46(66)62-56(13,14)40-82(73,74)75)31-55(11,12)48(68)77-27-25-64(53(6,7)8)51(71)60-39-57(15)35-45(34-54(9,10)37-57)61-52(72)81-63-41(5)20-2/h42-45,65H,19-40H2,1-18H3,(H,60,71)(H,61,72)(H,62,66)(H,73,74,75)/p-1. The summed E-state index contributed by atoms with van der Waals surface area (Å²) in [6, 6.07) is -0.621. The molecule has 82 heavy (non-hydrogen) atoms. The molecule has 0 aromatic rings. The van der Waals surface area contributed by atoms with Gasteiger partial charge >= 0.3 is 36.0 Å². The number of nitrogens with one attached hydrogen (secondary N) is 3. The van der Waals surface area contributed by atoms with Crippen LogP contribution in [-0.4, -0.2) is 153 Å². The Hall–Kier alpha value is -4.61. The molecule has 7 atom stereocenters. The molecule has 0 spiro atoms. The smallest absolute Gasteiger partial charge is 0.433 e. The third-order valence-corrected chi connectivity index (χ3v) is 16.4. The molecule has 0 aromatic heterocycles. The lowest BCUT2D eigenvalue weighted by molar-refractivity contribution is -0.169. The first-order valence-electron chi connectivity index (χ1n) is 29.3. The van der Waals surface area contributed by atoms with Crippen molar-refractivity contribution >= 4 is 57.7 Å². The van der Waals surface area contributed by atoms with Crippen LogP contribution in [0, 0.1) is 44.8 Å². The zero-order valence-corrected chi connectivity index (χ0v) is 54.0. The minimum Gasteiger partial charge on any atom is -0.748 e. The molecule has 0 aliphatic heterocycles. The number of nitrogens with zero attached hydrogens (tertiary/aromatic N) is 2. The van der Waals surface area contributed by atoms with Gasteiger partial charge in [0, 0.05) is 36.7 Å². The van der Waals surface area contributed by atoms with Gasteiger partial charge in [0.1, 0.15) is 19.8 Å². The van der Waals surface area contributed by atoms with Crippen molar-refractivity contribution < 1.29 is 80.2 Å². The Morgan fingerprint density at radius 1 is 0.780 bits per heavy atom. The third-order valence-electron chi connectivity index (χ3n) is 15.3. The number of esters is 4. The van der Waals surface area contributed by atoms with Crippen molar-refractivity contribution in [3.63, 3.8) is 0 Å². The molecule has 0 radical (unpaired) electrons. The first-order chi connectivity index (χ1) is 37.7. The predicted octanol–water partition coefficient (Wildman–Crippen LogP) is 8.60. The lowest BCUT2D eigenvalue weighted by Gasteiger charge is -2.47. The van der Waals surface area contributed by atoms with Crippen molar-refractivity contribution in [3.05, 3.63) is 0 Å². The van der Waals surface area contributed by atoms with Gasteiger partial charge in [-0.1, -0.05) is 72.9 Å². The fourth-order valence-electron chi connectivity index (χ4n) is 11.4. The molecule has 22 nitrogen and oxygen atoms in total. The summed E-state index contributed by atoms with van der Waals surface area (Å²) in [7, 11) is -3.35. The summed E-state index contributed by atoms with van der Waals surface area (Å²) in [5.74, 6) is -6.89. The van der Waals surface area contributed by atoms with Crippen molar-refractivity contribution in [1.29, 1.82) is 0 Å². The molecule has 0 saturated heterocycles. The molecule has 4 amide bonds. The van der Waals surface area contributed by atoms with E-state index in [0.29, 0.717) is 25.0 Å². The zero-order valence-electron chi connectivity index (χ0n) is 53.1. The lowest BCUT2D eigenvalue weighted by atomic mass is 9.62. The number of hydrogen-bond acceptors (Lipinski definition) is 18. The second kappa shape index (κ2) is 33.2. The van der Waals surface area contributed by atoms with E-state index in [1.807, 2.05) is 34.6 Å². The average molecular weight is 1190 g/mol. The van der Waals surface area contributed by atoms with Crippen molar-refractivity contribution in [1.82, 2.24) is 20.9 Å². The number of unbranched alkanes of at least 4 members (excludes halogenated alkanes) is 1. The normalized spacial score (nSPS) is 19.4. The minimum absolute atomic E-state index is 0.00290. The van der Waals surface area contributed by atoms with Crippen molar-refractivity contribution in [2.75, 3.05) is 65.6 Å². The molecule has 1 fully saturated rings. The van der Waals surface area contributed by atoms with Crippen LogP contribution in [0.25, 0.3) is 0 Å². The van der Waals surface area contributed by atoms with Gasteiger partial charge in [-0.25, -0.2) is 18.0 Å². The Morgan fingerprint density at radius 3 is 1.89 bits per heavy atom. The van der Waals surface area contributed by atoms with Crippen LogP contribution in [-0.2, 0) is 62.6 Å². The highest BCUT2D eigenvalue weighted by Crippen LogP contribution is 2.48. The number of aliphatic hydroxyl groups excluding tert-OH is 1. The number of hydrogen-bond donors (Lipinski definition) is 4. The molecular weight excluding hydrogens is 1080 g/mol. The van der Waals surface area contributed by atoms with E-state index in [-0.39, 0.29) is 95.0 Å². The van der Waals surface area contributed by atoms with E-state index in [9.17, 15) is 51.6 Å². The van der Waals surface area contributed by atoms with Gasteiger partial charge in [0.2, 0.25) is 5.91 Å². The molecule has 1 aliphatic rings. The molecule has 1 rings (SSSR count). The Balaban J connectivity index is 3.71. The maximum absolute atomic E-state index is 14.7. The number of carbonyl (C=O) groups is 7. The van der Waals surface area contributed by atoms with E-state index in [1.165, 1.54) is 34.8 Å². The summed E-state index contributed by atoms with van der Waals surface area (Å²) in [5.41, 5.74) is -7.04. The summed E-state index contributed by atoms with van der Waals surface area (Å²) in [6.07, 6.45) is 4.30. The highest BCUT2D eigenvalue weighted by Gasteiger charge is 2.51. The summed E-state index contributed by atoms with van der Waals surface area (Å²) in [5, 5.41) is 22.3. The highest BCUT2D eigenvalue weighted by molar-refractivity contribution is 7.85. The van der Waals surface area contributed by atoms with Crippen LogP contribution in [0.1, 0.15) is 201 Å². The average Bonchev–Trinajstić information content (AvgIpc) is 3.41. The SMILES string of the molecule is CCCCC(CC)COC(=O)C(CC(C)(C)C(=O)OCCN(C(=O)NCC1(C)CC(NC(=O)ON=C(C)CC)CC(C)(C)C1)C(C)(C)C)CC(C)(CC(C)(CC(CC)C(=O)NC(C)(C)CS(=O)(=O)[O-])C(=O)OCCO)C(=O)OCCOC. The van der Waals surface area contributed by atoms with Gasteiger partial charge in [-0.05, 0) is 150 Å². The van der Waals surface area contributed by atoms with Crippen molar-refractivity contribution in [2.45, 2.75) is 218 Å². The van der Waals surface area contributed by atoms with Crippen LogP contribution in [0.5, 0.6) is 0 Å². The van der Waals surface area contributed by atoms with Crippen LogP contribution >= 0.6 is 0 Å². The monoisotopic (exact) mass is 1190 g/mol. The largest absolute Gasteiger partial charge is 0.748 e. The quantitative estimate of drug-likeness (QED) is 0.00868. The van der Waals surface area contributed by atoms with E-state index in [2.05, 4.69) is 48.8 Å². The molecular formula is C59H106N5O17S-. The molecule has 1 saturated carbocycles. The van der Waals surface area contributed by atoms with Gasteiger partial charge in [-0.3, -0.25) is 28.8 Å². The molecule has 4 N–H and O–H groups in total. The molecule has 7 unspecified atom stereocenters. The fourth-order valence-corrected chi connectivity index (χ4v) is 12.4. The van der Waals surface area contributed by atoms with Crippen LogP contribution in [0.2, 0.25) is 0 Å². The number of aliphatic hydroxyl groups is 1. The summed E-state index contributed by atoms with van der Waals surface area (Å²) < 4.78 is 63.6. The van der Waals surface area contributed by atoms with Gasteiger partial charge in [-0.2, -0.15) is 0 Å². The number of methoxy groups -OCH3 is 1. The van der Waals surface area contributed by atoms with E-state index < -0.39 is 110 Å². The highest BCUT2D eigenvalue weighted by atomic mass is 32.2. The van der Waals surface area contributed by atoms with Crippen LogP contribution in [0.15, 0.2) is 5.16 Å². The molecule has 476 valence electrons. The van der Waals surface area contributed by atoms with Crippen LogP contribution < -0.4 is 16.0 Å². The number of ether oxygens (including phenoxy) is 5. The fraction of sp³-hybridized carbons (Fsp3) is 0.864. The molecule has 1 aliphatic carbocycles. The number of carbonyl (C=O) groups excluding carboxylic acids is 7. The van der Waals surface area contributed by atoms with Crippen molar-refractivity contribution in [3.8, 4) is 0 Å². The maximum Gasteiger partial charge on any atom is 0.433 e. The van der Waals surface area contributed by atoms with E-state index in [4.69, 9.17) is 28.5 Å². The Kier molecular flexibility index (Phi) is 30.5. The Morgan fingerprint density at radius 2 is 1.37 bits per heavy atom. The molecule has 0 heterocycles. The van der Waals surface area contributed by atoms with Crippen molar-refractivity contribution in [2.24, 2.45) is 50.0 Å². The zero-order chi connectivity index (χ0) is 63.1. The second-order valence-corrected chi connectivity index (χ2v) is 28.2. The third kappa shape index (κ3) is 27.0. The second-order valence-electron chi connectivity index (χ2n) is 26.8. The first kappa shape index (κ1) is 75.4. The number of rotatable bonds is 36. The summed E-state index contributed by atoms with van der Waals surface area (Å²) in [6.45, 7) is 29.2. The minimum atomic E-state index is -4.77. The Bertz CT molecular complexity index is 2230. The molecule has 0 bridgehead atoms. The van der Waals surface area contributed by atoms with Crippen LogP contribution in [0.4, 0.5) is 9.59 Å². The Labute approximate surface area is 490 Å².